The standard InChI is InChI=1S/C43H57BN8O10.Eu/c1-46(2)38(34-10-6-7-11-36(34)44(61)62)23-45-39(53)26-52-25-32-8-4-5-9-33(32)35-22-31(12-13-37(35)52)24-47(3)40(54)27-48-14-16-49(28-41(55)56)18-20-51(30-43(59)60)21-19-50(17-15-48)29-42(57)58;/h4-13,22,25,38,61-62H,14-21,23-24,26-30H2,1-3H3,(H3-,45,53,55,56,57,58,59,60);/q;+3/p+1. The van der Waals surface area contributed by atoms with Crippen molar-refractivity contribution >= 4 is 64.0 Å². The molecule has 4 aromatic rings. The molecule has 0 bridgehead atoms. The molecule has 20 heteroatoms. The number of pyridine rings is 1. The summed E-state index contributed by atoms with van der Waals surface area (Å²) in [7, 11) is 3.78. The second-order valence-corrected chi connectivity index (χ2v) is 16.0. The van der Waals surface area contributed by atoms with Gasteiger partial charge in [-0.3, -0.25) is 43.6 Å². The van der Waals surface area contributed by atoms with Gasteiger partial charge in [0.1, 0.15) is 0 Å². The second kappa shape index (κ2) is 24.9. The Morgan fingerprint density at radius 1 is 0.698 bits per heavy atom. The van der Waals surface area contributed by atoms with Crippen LogP contribution in [0.5, 0.6) is 0 Å². The van der Waals surface area contributed by atoms with Gasteiger partial charge in [0, 0.05) is 89.3 Å². The second-order valence-electron chi connectivity index (χ2n) is 16.0. The summed E-state index contributed by atoms with van der Waals surface area (Å²) in [6.07, 6.45) is 1.94. The van der Waals surface area contributed by atoms with Crippen LogP contribution in [0.3, 0.4) is 0 Å². The number of amides is 2. The summed E-state index contributed by atoms with van der Waals surface area (Å²) >= 11 is 0. The van der Waals surface area contributed by atoms with E-state index in [4.69, 9.17) is 0 Å². The minimum absolute atomic E-state index is 0. The number of carboxylic acid groups (broad SMARTS) is 3. The van der Waals surface area contributed by atoms with Crippen molar-refractivity contribution in [1.29, 1.82) is 0 Å². The molecule has 0 saturated carbocycles. The maximum Gasteiger partial charge on any atom is 3.00 e. The number of aromatic nitrogens is 1. The molecule has 0 spiro atoms. The Kier molecular flexibility index (Phi) is 20.5. The van der Waals surface area contributed by atoms with Gasteiger partial charge in [0.2, 0.25) is 18.0 Å². The Hall–Kier alpha value is -3.95. The van der Waals surface area contributed by atoms with E-state index >= 15 is 0 Å². The Morgan fingerprint density at radius 2 is 1.21 bits per heavy atom. The number of aliphatic carboxylic acids is 3. The van der Waals surface area contributed by atoms with Crippen LogP contribution >= 0.6 is 0 Å². The van der Waals surface area contributed by atoms with Crippen LogP contribution in [-0.2, 0) is 37.1 Å². The number of likely N-dealkylation sites (N-methyl/N-ethyl adjacent to an activating group) is 2. The summed E-state index contributed by atoms with van der Waals surface area (Å²) < 4.78 is 1.89. The molecule has 63 heavy (non-hydrogen) atoms. The molecule has 2 heterocycles. The van der Waals surface area contributed by atoms with E-state index in [1.165, 1.54) is 0 Å². The van der Waals surface area contributed by atoms with Gasteiger partial charge in [-0.1, -0.05) is 48.5 Å². The van der Waals surface area contributed by atoms with E-state index in [2.05, 4.69) is 5.32 Å². The summed E-state index contributed by atoms with van der Waals surface area (Å²) in [6, 6.07) is 20.4. The molecule has 3 aromatic carbocycles. The average molecular weight is 1010 g/mol. The third kappa shape index (κ3) is 15.6. The first-order valence-electron chi connectivity index (χ1n) is 20.6. The predicted molar refractivity (Wildman–Crippen MR) is 232 cm³/mol. The van der Waals surface area contributed by atoms with Gasteiger partial charge in [-0.05, 0) is 42.8 Å². The van der Waals surface area contributed by atoms with Crippen LogP contribution in [0.15, 0.2) is 72.9 Å². The first kappa shape index (κ1) is 51.7. The van der Waals surface area contributed by atoms with Crippen molar-refractivity contribution in [3.05, 3.63) is 84.1 Å². The SMILES string of the molecule is CN(Cc1ccc2c(c1)c1ccccc1c[n+]2CC(=O)NCC(c1ccccc1B(O)O)N(C)C)C(=O)CN1CCN(CC(=O)O)CCN(CC(=O)O)CCN(CC(=O)O)CC1.[Eu+3]. The number of hydrogen-bond donors (Lipinski definition) is 6. The maximum atomic E-state index is 13.8. The van der Waals surface area contributed by atoms with Gasteiger partial charge in [0.25, 0.3) is 5.91 Å². The molecular formula is C43H58BEuN8O10+4. The summed E-state index contributed by atoms with van der Waals surface area (Å²) in [6.45, 7) is 2.17. The third-order valence-electron chi connectivity index (χ3n) is 11.2. The summed E-state index contributed by atoms with van der Waals surface area (Å²) in [5, 5.41) is 54.3. The number of fused-ring (bicyclic) bond motifs is 3. The van der Waals surface area contributed by atoms with Gasteiger partial charge in [0.05, 0.1) is 37.6 Å². The summed E-state index contributed by atoms with van der Waals surface area (Å²) in [4.78, 5) is 72.8. The fraction of sp³-hybridized carbons (Fsp3) is 0.442. The smallest absolute Gasteiger partial charge is 0.480 e. The minimum Gasteiger partial charge on any atom is -0.480 e. The van der Waals surface area contributed by atoms with E-state index in [1.807, 2.05) is 89.3 Å². The van der Waals surface area contributed by atoms with Crippen LogP contribution in [-0.4, -0.2) is 198 Å². The van der Waals surface area contributed by atoms with Crippen molar-refractivity contribution in [3.8, 4) is 0 Å². The third-order valence-corrected chi connectivity index (χ3v) is 11.2. The Morgan fingerprint density at radius 3 is 1.73 bits per heavy atom. The molecule has 18 nitrogen and oxygen atoms in total. The van der Waals surface area contributed by atoms with E-state index in [9.17, 15) is 49.3 Å². The van der Waals surface area contributed by atoms with Crippen molar-refractivity contribution in [3.63, 3.8) is 0 Å². The summed E-state index contributed by atoms with van der Waals surface area (Å²) in [5.74, 6) is -3.49. The minimum atomic E-state index is -1.65. The van der Waals surface area contributed by atoms with Crippen LogP contribution in [0.25, 0.3) is 21.7 Å². The van der Waals surface area contributed by atoms with Crippen molar-refractivity contribution in [2.24, 2.45) is 0 Å². The molecule has 1 saturated heterocycles. The molecule has 2 amide bonds. The number of carbonyl (C=O) groups is 5. The van der Waals surface area contributed by atoms with Gasteiger partial charge in [-0.15, -0.1) is 0 Å². The zero-order valence-corrected chi connectivity index (χ0v) is 38.4. The van der Waals surface area contributed by atoms with Gasteiger partial charge in [-0.2, -0.15) is 4.57 Å². The Labute approximate surface area is 408 Å². The Bertz CT molecular complexity index is 2190. The number of benzene rings is 3. The van der Waals surface area contributed by atoms with Crippen LogP contribution in [0.1, 0.15) is 17.2 Å². The molecule has 5 rings (SSSR count). The molecule has 336 valence electrons. The Balaban J connectivity index is 0.00000871. The van der Waals surface area contributed by atoms with Crippen molar-refractivity contribution in [2.45, 2.75) is 19.1 Å². The first-order valence-corrected chi connectivity index (χ1v) is 20.6. The topological polar surface area (TPSA) is 222 Å². The van der Waals surface area contributed by atoms with Crippen LogP contribution in [0.4, 0.5) is 0 Å². The number of hydrogen-bond acceptors (Lipinski definition) is 12. The van der Waals surface area contributed by atoms with Crippen LogP contribution in [0, 0.1) is 49.4 Å². The molecule has 1 fully saturated rings. The average Bonchev–Trinajstić information content (AvgIpc) is 3.21. The van der Waals surface area contributed by atoms with Gasteiger partial charge >= 0.3 is 74.4 Å². The zero-order chi connectivity index (χ0) is 44.9. The van der Waals surface area contributed by atoms with Crippen molar-refractivity contribution in [1.82, 2.24) is 34.7 Å². The molecule has 1 aromatic heterocycles. The molecule has 1 atom stereocenters. The largest absolute Gasteiger partial charge is 3.00 e. The van der Waals surface area contributed by atoms with E-state index in [1.54, 1.807) is 38.8 Å². The number of carboxylic acids is 3. The fourth-order valence-corrected chi connectivity index (χ4v) is 7.87. The molecule has 0 radical (unpaired) electrons. The van der Waals surface area contributed by atoms with Crippen molar-refractivity contribution in [2.75, 3.05) is 106 Å². The summed E-state index contributed by atoms with van der Waals surface area (Å²) in [5.41, 5.74) is 2.74. The molecule has 1 aliphatic rings. The number of nitrogens with one attached hydrogen (secondary N) is 1. The number of nitrogens with zero attached hydrogens (tertiary/aromatic N) is 7. The number of rotatable bonds is 17. The van der Waals surface area contributed by atoms with Gasteiger partial charge in [0.15, 0.2) is 6.20 Å². The van der Waals surface area contributed by atoms with Crippen LogP contribution in [0.2, 0.25) is 0 Å². The molecular weight excluding hydrogens is 951 g/mol. The predicted octanol–water partition coefficient (Wildman–Crippen LogP) is -1.19. The normalized spacial score (nSPS) is 15.5. The molecule has 0 aliphatic carbocycles. The van der Waals surface area contributed by atoms with Gasteiger partial charge < -0.3 is 40.5 Å². The van der Waals surface area contributed by atoms with Gasteiger partial charge in [-0.25, -0.2) is 0 Å². The monoisotopic (exact) mass is 1010 g/mol. The fourth-order valence-electron chi connectivity index (χ4n) is 7.87. The van der Waals surface area contributed by atoms with Crippen molar-refractivity contribution < 1.29 is 103 Å². The van der Waals surface area contributed by atoms with Crippen LogP contribution < -0.4 is 15.3 Å². The van der Waals surface area contributed by atoms with E-state index < -0.39 is 25.0 Å². The molecule has 1 unspecified atom stereocenters. The van der Waals surface area contributed by atoms with E-state index in [0.717, 1.165) is 27.2 Å². The molecule has 1 aliphatic heterocycles. The maximum absolute atomic E-state index is 13.8. The van der Waals surface area contributed by atoms with E-state index in [-0.39, 0.29) is 139 Å². The number of carbonyl (C=O) groups excluding carboxylic acids is 2. The quantitative estimate of drug-likeness (QED) is 0.0417. The zero-order valence-electron chi connectivity index (χ0n) is 36.0. The molecule has 6 N–H and O–H groups in total. The first-order chi connectivity index (χ1) is 29.6. The van der Waals surface area contributed by atoms with E-state index in [0.29, 0.717) is 37.2 Å².